The molecule has 0 amide bonds. The van der Waals surface area contributed by atoms with Gasteiger partial charge in [0.25, 0.3) is 0 Å². The van der Waals surface area contributed by atoms with Crippen molar-refractivity contribution in [3.8, 4) is 0 Å². The minimum Gasteiger partial charge on any atom is -0.461 e. The van der Waals surface area contributed by atoms with E-state index in [0.29, 0.717) is 12.5 Å². The summed E-state index contributed by atoms with van der Waals surface area (Å²) < 4.78 is 5.71. The molecule has 5 aromatic carbocycles. The van der Waals surface area contributed by atoms with E-state index in [2.05, 4.69) is 40.0 Å². The van der Waals surface area contributed by atoms with Crippen LogP contribution in [0.3, 0.4) is 0 Å². The van der Waals surface area contributed by atoms with Crippen LogP contribution in [0.15, 0.2) is 118 Å². The molecule has 0 aliphatic carbocycles. The first kappa shape index (κ1) is 31.8. The number of rotatable bonds is 13. The van der Waals surface area contributed by atoms with Gasteiger partial charge in [0.15, 0.2) is 0 Å². The summed E-state index contributed by atoms with van der Waals surface area (Å²) in [4.78, 5) is 12.5. The van der Waals surface area contributed by atoms with Gasteiger partial charge in [-0.05, 0) is 68.8 Å². The number of carbonyl (C=O) groups excluding carboxylic acids is 1. The number of carbonyl (C=O) groups is 1. The monoisotopic (exact) mass is 627 g/mol. The van der Waals surface area contributed by atoms with Gasteiger partial charge < -0.3 is 20.7 Å². The van der Waals surface area contributed by atoms with Gasteiger partial charge in [-0.2, -0.15) is 5.11 Å². The number of fused-ring (bicyclic) bond motifs is 1. The van der Waals surface area contributed by atoms with Crippen LogP contribution in [0.1, 0.15) is 46.5 Å². The van der Waals surface area contributed by atoms with Gasteiger partial charge in [0.2, 0.25) is 0 Å². The van der Waals surface area contributed by atoms with E-state index in [1.54, 1.807) is 0 Å². The number of hydrogen-bond acceptors (Lipinski definition) is 9. The summed E-state index contributed by atoms with van der Waals surface area (Å²) in [6, 6.07) is 32.1. The van der Waals surface area contributed by atoms with Gasteiger partial charge in [0.05, 0.1) is 22.7 Å². The van der Waals surface area contributed by atoms with Crippen molar-refractivity contribution < 1.29 is 9.53 Å². The zero-order valence-electron chi connectivity index (χ0n) is 27.2. The van der Waals surface area contributed by atoms with Crippen LogP contribution in [0.2, 0.25) is 0 Å². The highest BCUT2D eigenvalue weighted by Crippen LogP contribution is 2.43. The predicted molar refractivity (Wildman–Crippen MR) is 191 cm³/mol. The molecule has 0 saturated carbocycles. The molecule has 0 aromatic heterocycles. The summed E-state index contributed by atoms with van der Waals surface area (Å²) in [6.07, 6.45) is 3.31. The van der Waals surface area contributed by atoms with Gasteiger partial charge in [-0.25, -0.2) is 0 Å². The number of nitrogens with one attached hydrogen (secondary N) is 3. The van der Waals surface area contributed by atoms with Crippen LogP contribution in [0.5, 0.6) is 0 Å². The lowest BCUT2D eigenvalue weighted by atomic mass is 9.99. The van der Waals surface area contributed by atoms with Crippen molar-refractivity contribution in [2.75, 3.05) is 23.8 Å². The van der Waals surface area contributed by atoms with Crippen LogP contribution in [0.4, 0.5) is 34.1 Å². The van der Waals surface area contributed by atoms with Gasteiger partial charge in [-0.15, -0.1) is 15.3 Å². The van der Waals surface area contributed by atoms with E-state index in [4.69, 9.17) is 15.0 Å². The molecular formula is C38H41N7O2. The molecule has 6 rings (SSSR count). The minimum atomic E-state index is -0.653. The third kappa shape index (κ3) is 7.81. The Kier molecular flexibility index (Phi) is 9.83. The van der Waals surface area contributed by atoms with Gasteiger partial charge in [-0.3, -0.25) is 4.79 Å². The molecule has 9 heteroatoms. The first-order chi connectivity index (χ1) is 22.9. The normalized spacial score (nSPS) is 15.8. The molecule has 1 heterocycles. The topological polar surface area (TPSA) is 112 Å². The molecule has 5 aromatic rings. The molecule has 1 atom stereocenters. The summed E-state index contributed by atoms with van der Waals surface area (Å²) in [5.74, 6) is -0.175. The Bertz CT molecular complexity index is 1910. The Balaban J connectivity index is 1.15. The van der Waals surface area contributed by atoms with E-state index in [9.17, 15) is 4.79 Å². The fourth-order valence-electron chi connectivity index (χ4n) is 5.80. The van der Waals surface area contributed by atoms with E-state index in [1.165, 1.54) is 0 Å². The SMILES string of the molecule is CC(C)NCCCCCC(=O)OCC1(C)Nc2cccc3c(N=Nc4ccc(N=Nc5ccccc5)c5ccccc45)ccc(c23)N1. The summed E-state index contributed by atoms with van der Waals surface area (Å²) in [6.45, 7) is 7.45. The van der Waals surface area contributed by atoms with Crippen molar-refractivity contribution in [3.63, 3.8) is 0 Å². The fraction of sp³-hybridized carbons (Fsp3) is 0.289. The summed E-state index contributed by atoms with van der Waals surface area (Å²) >= 11 is 0. The molecule has 0 saturated heterocycles. The smallest absolute Gasteiger partial charge is 0.305 e. The van der Waals surface area contributed by atoms with Gasteiger partial charge >= 0.3 is 5.97 Å². The van der Waals surface area contributed by atoms with Crippen molar-refractivity contribution >= 4 is 61.6 Å². The van der Waals surface area contributed by atoms with Gasteiger partial charge in [0.1, 0.15) is 12.3 Å². The Morgan fingerprint density at radius 3 is 2.00 bits per heavy atom. The number of anilines is 2. The summed E-state index contributed by atoms with van der Waals surface area (Å²) in [7, 11) is 0. The average molecular weight is 628 g/mol. The minimum absolute atomic E-state index is 0.175. The molecule has 0 radical (unpaired) electrons. The molecule has 1 unspecified atom stereocenters. The third-order valence-corrected chi connectivity index (χ3v) is 8.14. The van der Waals surface area contributed by atoms with E-state index >= 15 is 0 Å². The highest BCUT2D eigenvalue weighted by Gasteiger charge is 2.31. The predicted octanol–water partition coefficient (Wildman–Crippen LogP) is 10.5. The molecule has 0 spiro atoms. The standard InChI is InChI=1S/C38H41N7O2/c1-26(2)39-24-11-5-8-19-36(46)47-25-38(3)40-34-18-12-17-30-33(22-23-35(41-38)37(30)34)45-44-32-21-20-31(28-15-9-10-16-29(28)32)43-42-27-13-6-4-7-14-27/h4,6-7,9-10,12-18,20-23,26,39-41H,5,8,11,19,24-25H2,1-3H3. The van der Waals surface area contributed by atoms with Crippen LogP contribution in [-0.2, 0) is 9.53 Å². The van der Waals surface area contributed by atoms with Crippen molar-refractivity contribution in [1.82, 2.24) is 5.32 Å². The van der Waals surface area contributed by atoms with Crippen LogP contribution >= 0.6 is 0 Å². The fourth-order valence-corrected chi connectivity index (χ4v) is 5.80. The molecule has 1 aliphatic heterocycles. The molecule has 9 nitrogen and oxygen atoms in total. The highest BCUT2D eigenvalue weighted by atomic mass is 16.5. The second-order valence-electron chi connectivity index (χ2n) is 12.4. The zero-order chi connectivity index (χ0) is 32.6. The summed E-state index contributed by atoms with van der Waals surface area (Å²) in [5.41, 5.74) is 4.31. The lowest BCUT2D eigenvalue weighted by molar-refractivity contribution is -0.144. The van der Waals surface area contributed by atoms with Gasteiger partial charge in [0, 0.05) is 45.4 Å². The average Bonchev–Trinajstić information content (AvgIpc) is 3.08. The molecule has 0 bridgehead atoms. The third-order valence-electron chi connectivity index (χ3n) is 8.14. The molecule has 1 aliphatic rings. The number of nitrogens with zero attached hydrogens (tertiary/aromatic N) is 4. The zero-order valence-corrected chi connectivity index (χ0v) is 27.2. The quantitative estimate of drug-likeness (QED) is 0.0683. The van der Waals surface area contributed by atoms with Crippen molar-refractivity contribution in [2.24, 2.45) is 20.5 Å². The number of azo groups is 2. The van der Waals surface area contributed by atoms with Crippen LogP contribution < -0.4 is 16.0 Å². The number of esters is 1. The van der Waals surface area contributed by atoms with Crippen molar-refractivity contribution in [3.05, 3.63) is 97.1 Å². The summed E-state index contributed by atoms with van der Waals surface area (Å²) in [5, 5.41) is 32.7. The van der Waals surface area contributed by atoms with Crippen molar-refractivity contribution in [2.45, 2.75) is 58.2 Å². The second-order valence-corrected chi connectivity index (χ2v) is 12.4. The van der Waals surface area contributed by atoms with E-state index in [1.807, 2.05) is 104 Å². The molecular weight excluding hydrogens is 586 g/mol. The van der Waals surface area contributed by atoms with Crippen molar-refractivity contribution in [1.29, 1.82) is 0 Å². The number of ether oxygens (including phenoxy) is 1. The van der Waals surface area contributed by atoms with E-state index in [-0.39, 0.29) is 12.6 Å². The Labute approximate surface area is 275 Å². The largest absolute Gasteiger partial charge is 0.461 e. The maximum absolute atomic E-state index is 12.5. The van der Waals surface area contributed by atoms with E-state index < -0.39 is 5.66 Å². The lowest BCUT2D eigenvalue weighted by Gasteiger charge is -2.38. The first-order valence-corrected chi connectivity index (χ1v) is 16.3. The molecule has 3 N–H and O–H groups in total. The Morgan fingerprint density at radius 1 is 0.702 bits per heavy atom. The Hall–Kier alpha value is -5.15. The van der Waals surface area contributed by atoms with Crippen LogP contribution in [0.25, 0.3) is 21.5 Å². The first-order valence-electron chi connectivity index (χ1n) is 16.3. The maximum atomic E-state index is 12.5. The van der Waals surface area contributed by atoms with Crippen LogP contribution in [0, 0.1) is 0 Å². The highest BCUT2D eigenvalue weighted by molar-refractivity contribution is 6.09. The molecule has 240 valence electrons. The van der Waals surface area contributed by atoms with Crippen LogP contribution in [-0.4, -0.2) is 30.8 Å². The number of unbranched alkanes of at least 4 members (excludes halogenated alkanes) is 2. The number of hydrogen-bond donors (Lipinski definition) is 3. The van der Waals surface area contributed by atoms with Gasteiger partial charge in [-0.1, -0.05) is 74.9 Å². The second kappa shape index (κ2) is 14.5. The number of benzene rings is 5. The lowest BCUT2D eigenvalue weighted by Crippen LogP contribution is -2.49. The molecule has 47 heavy (non-hydrogen) atoms. The Morgan fingerprint density at radius 2 is 1.30 bits per heavy atom. The van der Waals surface area contributed by atoms with E-state index in [0.717, 1.165) is 81.5 Å². The molecule has 0 fully saturated rings. The maximum Gasteiger partial charge on any atom is 0.305 e.